The van der Waals surface area contributed by atoms with Crippen molar-refractivity contribution in [3.8, 4) is 0 Å². The Labute approximate surface area is 228 Å². The zero-order chi connectivity index (χ0) is 23.0. The molecule has 164 valence electrons. The van der Waals surface area contributed by atoms with Gasteiger partial charge < -0.3 is 12.6 Å². The summed E-state index contributed by atoms with van der Waals surface area (Å²) in [5, 5.41) is 19.3. The van der Waals surface area contributed by atoms with Crippen molar-refractivity contribution in [2.45, 2.75) is 14.3 Å². The second-order valence-electron chi connectivity index (χ2n) is 5.63. The molecule has 0 saturated carbocycles. The SMILES string of the molecule is Cn1sc(Cl)cc1=O.Cn1sc(Sc2cccc[n+]2O)cc1=O.O[n+]1ccccc1[S-].[Na+]. The van der Waals surface area contributed by atoms with Crippen LogP contribution in [0.25, 0.3) is 0 Å². The van der Waals surface area contributed by atoms with Gasteiger partial charge in [0, 0.05) is 49.2 Å². The fourth-order valence-electron chi connectivity index (χ4n) is 1.86. The molecule has 0 unspecified atom stereocenters. The Balaban J connectivity index is 0.000000257. The summed E-state index contributed by atoms with van der Waals surface area (Å²) in [6.07, 6.45) is 3.04. The molecule has 32 heavy (non-hydrogen) atoms. The second-order valence-corrected chi connectivity index (χ2v) is 10.3. The summed E-state index contributed by atoms with van der Waals surface area (Å²) in [4.78, 5) is 21.7. The summed E-state index contributed by atoms with van der Waals surface area (Å²) in [6, 6.07) is 13.4. The van der Waals surface area contributed by atoms with Gasteiger partial charge in [0.1, 0.15) is 9.36 Å². The van der Waals surface area contributed by atoms with Crippen LogP contribution in [0.15, 0.2) is 84.8 Å². The third kappa shape index (κ3) is 9.24. The molecule has 4 rings (SSSR count). The molecule has 0 aromatic carbocycles. The van der Waals surface area contributed by atoms with E-state index in [9.17, 15) is 14.8 Å². The molecule has 0 fully saturated rings. The maximum Gasteiger partial charge on any atom is 1.00 e. The van der Waals surface area contributed by atoms with E-state index < -0.39 is 0 Å². The first-order valence-electron chi connectivity index (χ1n) is 8.42. The zero-order valence-electron chi connectivity index (χ0n) is 17.3. The van der Waals surface area contributed by atoms with E-state index in [1.165, 1.54) is 51.0 Å². The van der Waals surface area contributed by atoms with E-state index in [1.807, 2.05) is 6.07 Å². The molecular formula is C18H18ClN4NaO4S4+2. The number of pyridine rings is 2. The summed E-state index contributed by atoms with van der Waals surface area (Å²) in [6.45, 7) is 0. The predicted molar refractivity (Wildman–Crippen MR) is 122 cm³/mol. The quantitative estimate of drug-likeness (QED) is 0.152. The second kappa shape index (κ2) is 14.0. The maximum absolute atomic E-state index is 11.2. The molecule has 0 aliphatic heterocycles. The molecule has 0 radical (unpaired) electrons. The van der Waals surface area contributed by atoms with E-state index in [1.54, 1.807) is 60.6 Å². The Hall–Kier alpha value is -1.38. The number of hydrogen-bond acceptors (Lipinski definition) is 8. The molecule has 0 aliphatic rings. The van der Waals surface area contributed by atoms with Gasteiger partial charge in [-0.15, -0.1) is 0 Å². The van der Waals surface area contributed by atoms with Gasteiger partial charge in [-0.05, 0) is 51.7 Å². The molecule has 4 aromatic rings. The Kier molecular flexibility index (Phi) is 12.5. The maximum atomic E-state index is 11.2. The molecule has 4 heterocycles. The van der Waals surface area contributed by atoms with Gasteiger partial charge in [0.05, 0.1) is 4.21 Å². The normalized spacial score (nSPS) is 9.59. The van der Waals surface area contributed by atoms with Crippen molar-refractivity contribution in [3.05, 3.63) is 86.0 Å². The van der Waals surface area contributed by atoms with E-state index in [2.05, 4.69) is 12.6 Å². The van der Waals surface area contributed by atoms with Crippen molar-refractivity contribution in [2.75, 3.05) is 0 Å². The first-order valence-corrected chi connectivity index (χ1v) is 11.6. The van der Waals surface area contributed by atoms with E-state index in [0.29, 0.717) is 14.4 Å². The standard InChI is InChI=1S/C9H9N2O2S2.C5H5NOS.C4H4ClNOS.Na/c1-10-7(12)6-9(15-10)14-8-4-2-3-5-11(8)13;7-6-4-2-1-3-5(6)8;1-6-4(7)2-3(5)8-6;/h2-6,13H,1H3;1-4,7H;2H,1H3;/q+1;;;+1. The Morgan fingerprint density at radius 3 is 1.88 bits per heavy atom. The number of nitrogens with zero attached hydrogens (tertiary/aromatic N) is 4. The van der Waals surface area contributed by atoms with Crippen LogP contribution in [0.4, 0.5) is 0 Å². The van der Waals surface area contributed by atoms with E-state index in [4.69, 9.17) is 16.8 Å². The molecule has 0 saturated heterocycles. The minimum Gasteiger partial charge on any atom is -0.705 e. The van der Waals surface area contributed by atoms with Gasteiger partial charge in [-0.2, -0.15) is 0 Å². The number of halogens is 1. The summed E-state index contributed by atoms with van der Waals surface area (Å²) >= 11 is 14.1. The Bertz CT molecular complexity index is 1240. The van der Waals surface area contributed by atoms with Crippen molar-refractivity contribution >= 4 is 59.1 Å². The minimum atomic E-state index is -0.0417. The van der Waals surface area contributed by atoms with Crippen LogP contribution >= 0.6 is 46.4 Å². The molecule has 14 heteroatoms. The number of aryl methyl sites for hydroxylation is 2. The number of rotatable bonds is 2. The molecule has 8 nitrogen and oxygen atoms in total. The van der Waals surface area contributed by atoms with Crippen LogP contribution in [0.1, 0.15) is 0 Å². The minimum absolute atomic E-state index is 0. The summed E-state index contributed by atoms with van der Waals surface area (Å²) < 4.78 is 6.36. The van der Waals surface area contributed by atoms with Crippen LogP contribution in [0, 0.1) is 0 Å². The topological polar surface area (TPSA) is 92.2 Å². The predicted octanol–water partition coefficient (Wildman–Crippen LogP) is -0.656. The molecule has 0 atom stereocenters. The van der Waals surface area contributed by atoms with Crippen LogP contribution in [0.3, 0.4) is 0 Å². The summed E-state index contributed by atoms with van der Waals surface area (Å²) in [5.74, 6) is 0. The smallest absolute Gasteiger partial charge is 0.705 e. The Morgan fingerprint density at radius 2 is 1.50 bits per heavy atom. The third-order valence-electron chi connectivity index (χ3n) is 3.36. The molecule has 0 bridgehead atoms. The average molecular weight is 541 g/mol. The van der Waals surface area contributed by atoms with Crippen molar-refractivity contribution in [1.82, 2.24) is 7.91 Å². The van der Waals surface area contributed by atoms with E-state index in [0.717, 1.165) is 13.7 Å². The zero-order valence-corrected chi connectivity index (χ0v) is 23.3. The molecule has 0 aliphatic carbocycles. The van der Waals surface area contributed by atoms with Crippen LogP contribution in [-0.2, 0) is 26.7 Å². The van der Waals surface area contributed by atoms with Crippen LogP contribution in [-0.4, -0.2) is 18.3 Å². The van der Waals surface area contributed by atoms with Gasteiger partial charge in [0.15, 0.2) is 0 Å². The van der Waals surface area contributed by atoms with Crippen LogP contribution < -0.4 is 50.1 Å². The fraction of sp³-hybridized carbons (Fsp3) is 0.111. The number of aromatic nitrogens is 4. The van der Waals surface area contributed by atoms with Crippen molar-refractivity contribution < 1.29 is 49.4 Å². The van der Waals surface area contributed by atoms with Gasteiger partial charge in [0.25, 0.3) is 16.1 Å². The fourth-order valence-corrected chi connectivity index (χ4v) is 4.93. The first kappa shape index (κ1) is 28.7. The molecule has 0 amide bonds. The third-order valence-corrected chi connectivity index (χ3v) is 6.82. The molecule has 0 spiro atoms. The van der Waals surface area contributed by atoms with Gasteiger partial charge in [-0.3, -0.25) is 27.9 Å². The van der Waals surface area contributed by atoms with Crippen molar-refractivity contribution in [2.24, 2.45) is 14.1 Å². The molecular weight excluding hydrogens is 523 g/mol. The average Bonchev–Trinajstić information content (AvgIpc) is 3.19. The monoisotopic (exact) mass is 540 g/mol. The van der Waals surface area contributed by atoms with Crippen LogP contribution in [0.2, 0.25) is 4.34 Å². The largest absolute Gasteiger partial charge is 1.00 e. The van der Waals surface area contributed by atoms with Gasteiger partial charge in [-0.1, -0.05) is 17.7 Å². The van der Waals surface area contributed by atoms with Crippen LogP contribution in [0.5, 0.6) is 0 Å². The van der Waals surface area contributed by atoms with Crippen molar-refractivity contribution in [1.29, 1.82) is 0 Å². The van der Waals surface area contributed by atoms with Gasteiger partial charge in [-0.25, -0.2) is 0 Å². The van der Waals surface area contributed by atoms with E-state index >= 15 is 0 Å². The van der Waals surface area contributed by atoms with E-state index in [-0.39, 0.29) is 40.7 Å². The summed E-state index contributed by atoms with van der Waals surface area (Å²) in [5.41, 5.74) is -0.0667. The number of hydrogen-bond donors (Lipinski definition) is 2. The molecule has 2 N–H and O–H groups in total. The van der Waals surface area contributed by atoms with Gasteiger partial charge in [0.2, 0.25) is 12.4 Å². The molecule has 4 aromatic heterocycles. The first-order chi connectivity index (χ1) is 14.7. The Morgan fingerprint density at radius 1 is 0.938 bits per heavy atom. The van der Waals surface area contributed by atoms with Gasteiger partial charge >= 0.3 is 29.6 Å². The summed E-state index contributed by atoms with van der Waals surface area (Å²) in [7, 11) is 3.40. The van der Waals surface area contributed by atoms with Crippen molar-refractivity contribution in [3.63, 3.8) is 0 Å².